The molecule has 0 spiro atoms. The van der Waals surface area contributed by atoms with Gasteiger partial charge >= 0.3 is 0 Å². The minimum absolute atomic E-state index is 0.121. The van der Waals surface area contributed by atoms with Gasteiger partial charge < -0.3 is 49.2 Å². The van der Waals surface area contributed by atoms with Crippen molar-refractivity contribution >= 4 is 34.7 Å². The summed E-state index contributed by atoms with van der Waals surface area (Å²) in [5.74, 6) is 0.104. The molecule has 0 fully saturated rings. The van der Waals surface area contributed by atoms with Gasteiger partial charge in [0.2, 0.25) is 0 Å². The van der Waals surface area contributed by atoms with E-state index in [2.05, 4.69) is 46.3 Å². The molecule has 5 unspecified atom stereocenters. The van der Waals surface area contributed by atoms with Crippen molar-refractivity contribution in [2.75, 3.05) is 53.9 Å². The number of methoxy groups -OCH3 is 1. The molecule has 0 radical (unpaired) electrons. The monoisotopic (exact) mass is 1660 g/mol. The first-order valence-electron chi connectivity index (χ1n) is 41.7. The van der Waals surface area contributed by atoms with E-state index < -0.39 is 30.5 Å². The zero-order valence-corrected chi connectivity index (χ0v) is 74.2. The Morgan fingerprint density at radius 1 is 0.262 bits per heavy atom. The van der Waals surface area contributed by atoms with Gasteiger partial charge in [0, 0.05) is 87.2 Å². The highest BCUT2D eigenvalue weighted by Gasteiger charge is 2.22. The molecule has 0 saturated heterocycles. The lowest BCUT2D eigenvalue weighted by atomic mass is 10.0. The van der Waals surface area contributed by atoms with Crippen LogP contribution < -0.4 is 0 Å². The Bertz CT molecular complexity index is 3790. The third kappa shape index (κ3) is 50.3. The van der Waals surface area contributed by atoms with Crippen LogP contribution in [0, 0.1) is 11.8 Å². The molecule has 5 atom stereocenters. The molecule has 122 heavy (non-hydrogen) atoms. The maximum atomic E-state index is 11.9. The first-order chi connectivity index (χ1) is 58.7. The number of hydrogen-bond donors (Lipinski definition) is 5. The Morgan fingerprint density at radius 3 is 0.557 bits per heavy atom. The van der Waals surface area contributed by atoms with Gasteiger partial charge in [-0.15, -0.1) is 0 Å². The number of unbranched alkanes of at least 4 members (excludes halogenated alkanes) is 2. The van der Waals surface area contributed by atoms with Crippen LogP contribution in [0.15, 0.2) is 334 Å². The number of ketones is 6. The molecule has 5 N–H and O–H groups in total. The van der Waals surface area contributed by atoms with E-state index in [4.69, 9.17) is 18.9 Å². The molecular weight excluding hydrogens is 1530 g/mol. The number of ether oxygens (including phenoxy) is 5. The highest BCUT2D eigenvalue weighted by Crippen LogP contribution is 2.23. The number of carbonyl (C=O) groups excluding carboxylic acids is 6. The molecule has 0 saturated carbocycles. The van der Waals surface area contributed by atoms with Crippen molar-refractivity contribution in [2.24, 2.45) is 11.8 Å². The van der Waals surface area contributed by atoms with Gasteiger partial charge in [-0.25, -0.2) is 0 Å². The zero-order valence-electron chi connectivity index (χ0n) is 74.2. The highest BCUT2D eigenvalue weighted by molar-refractivity contribution is 6.02. The summed E-state index contributed by atoms with van der Waals surface area (Å²) >= 11 is 0. The molecule has 11 aromatic carbocycles. The smallest absolute Gasteiger partial charge is 0.195 e. The fourth-order valence-electron chi connectivity index (χ4n) is 10.3. The molecule has 16 heteroatoms. The van der Waals surface area contributed by atoms with Crippen molar-refractivity contribution in [1.29, 1.82) is 0 Å². The summed E-state index contributed by atoms with van der Waals surface area (Å²) in [6.45, 7) is 32.1. The van der Waals surface area contributed by atoms with E-state index >= 15 is 0 Å². The van der Waals surface area contributed by atoms with Crippen molar-refractivity contribution < 1.29 is 78.0 Å². The molecule has 16 nitrogen and oxygen atoms in total. The second-order valence-electron chi connectivity index (χ2n) is 28.7. The fraction of sp³-hybridized carbons (Fsp3) is 0.321. The van der Waals surface area contributed by atoms with Gasteiger partial charge in [-0.3, -0.25) is 28.8 Å². The summed E-state index contributed by atoms with van der Waals surface area (Å²) in [7, 11) is 3.25. The van der Waals surface area contributed by atoms with Gasteiger partial charge in [0.05, 0.1) is 12.2 Å². The first-order valence-corrected chi connectivity index (χ1v) is 41.7. The molecule has 0 aliphatic carbocycles. The average molecular weight is 1660 g/mol. The van der Waals surface area contributed by atoms with Crippen LogP contribution in [0.25, 0.3) is 0 Å². The number of Topliss-reactive ketones (excluding diaryl/α,β-unsaturated/α-hetero) is 6. The molecule has 0 aliphatic heterocycles. The fourth-order valence-corrected chi connectivity index (χ4v) is 10.3. The second-order valence-corrected chi connectivity index (χ2v) is 28.7. The molecule has 0 bridgehead atoms. The molecule has 0 aliphatic rings. The van der Waals surface area contributed by atoms with Crippen LogP contribution in [0.2, 0.25) is 0 Å². The van der Waals surface area contributed by atoms with Gasteiger partial charge in [0.15, 0.2) is 34.7 Å². The Kier molecular flexibility index (Phi) is 62.3. The van der Waals surface area contributed by atoms with Crippen LogP contribution in [0.5, 0.6) is 0 Å². The summed E-state index contributed by atoms with van der Waals surface area (Å²) in [5, 5.41) is 49.5. The summed E-state index contributed by atoms with van der Waals surface area (Å²) in [5.41, 5.74) is 6.52. The Labute approximate surface area is 727 Å². The quantitative estimate of drug-likeness (QED) is 0.0207. The summed E-state index contributed by atoms with van der Waals surface area (Å²) in [4.78, 5) is 70.1. The van der Waals surface area contributed by atoms with Gasteiger partial charge in [-0.05, 0) is 101 Å². The third-order valence-electron chi connectivity index (χ3n) is 16.4. The van der Waals surface area contributed by atoms with Crippen LogP contribution in [0.3, 0.4) is 0 Å². The average Bonchev–Trinajstić information content (AvgIpc) is 0.878. The van der Waals surface area contributed by atoms with Crippen LogP contribution in [-0.4, -0.2) is 126 Å². The SMILES string of the molecule is CC(=O)c1ccccc1.CC(C)COCC(C)C.CC(C)OC(C)C.CCCCOCCCC.CCOCC.COC.O=C(c1ccccc1)C(O)c1ccccc1.O=C(c1ccccc1)C(O)c1ccccc1.O=C(c1ccccc1)C(O)c1ccccc1.O=C(c1ccccc1)C(O)c1ccccc1.O=C(c1ccccc1)C(O)c1ccccc1. The van der Waals surface area contributed by atoms with E-state index in [0.717, 1.165) is 45.2 Å². The number of aliphatic hydroxyl groups excluding tert-OH is 5. The van der Waals surface area contributed by atoms with Crippen LogP contribution in [-0.2, 0) is 23.7 Å². The summed E-state index contributed by atoms with van der Waals surface area (Å²) in [6.07, 6.45) is 0.258. The topological polar surface area (TPSA) is 250 Å². The van der Waals surface area contributed by atoms with Crippen molar-refractivity contribution in [2.45, 2.75) is 158 Å². The van der Waals surface area contributed by atoms with E-state index in [0.29, 0.717) is 79.7 Å². The van der Waals surface area contributed by atoms with Gasteiger partial charge in [0.25, 0.3) is 0 Å². The molecular formula is C106H134O16. The molecule has 11 rings (SSSR count). The minimum Gasteiger partial charge on any atom is -0.388 e. The molecule has 0 amide bonds. The van der Waals surface area contributed by atoms with Crippen molar-refractivity contribution in [1.82, 2.24) is 0 Å². The van der Waals surface area contributed by atoms with E-state index in [1.165, 1.54) is 25.7 Å². The first kappa shape index (κ1) is 109. The Balaban J connectivity index is 0.000000687. The van der Waals surface area contributed by atoms with Crippen LogP contribution in [0.4, 0.5) is 0 Å². The number of aliphatic hydroxyl groups is 5. The van der Waals surface area contributed by atoms with Gasteiger partial charge in [-0.2, -0.15) is 0 Å². The predicted octanol–water partition coefficient (Wildman–Crippen LogP) is 22.9. The second kappa shape index (κ2) is 69.7. The van der Waals surface area contributed by atoms with Crippen LogP contribution in [0.1, 0.15) is 236 Å². The zero-order chi connectivity index (χ0) is 90.5. The lowest BCUT2D eigenvalue weighted by molar-refractivity contribution is 0.0300. The lowest BCUT2D eigenvalue weighted by Crippen LogP contribution is -2.11. The van der Waals surface area contributed by atoms with Crippen LogP contribution >= 0.6 is 0 Å². The molecule has 0 heterocycles. The summed E-state index contributed by atoms with van der Waals surface area (Å²) in [6, 6.07) is 98.0. The normalized spacial score (nSPS) is 11.3. The minimum atomic E-state index is -1.08. The van der Waals surface area contributed by atoms with Gasteiger partial charge in [-0.1, -0.05) is 388 Å². The maximum absolute atomic E-state index is 11.9. The molecule has 654 valence electrons. The number of rotatable bonds is 30. The van der Waals surface area contributed by atoms with Crippen molar-refractivity contribution in [3.63, 3.8) is 0 Å². The van der Waals surface area contributed by atoms with E-state index in [1.807, 2.05) is 133 Å². The summed E-state index contributed by atoms with van der Waals surface area (Å²) < 4.78 is 25.0. The highest BCUT2D eigenvalue weighted by atomic mass is 16.5. The number of carbonyl (C=O) groups is 6. The third-order valence-corrected chi connectivity index (χ3v) is 16.4. The number of benzene rings is 11. The molecule has 0 aromatic heterocycles. The van der Waals surface area contributed by atoms with Gasteiger partial charge in [0.1, 0.15) is 30.5 Å². The Morgan fingerprint density at radius 2 is 0.434 bits per heavy atom. The Hall–Kier alpha value is -11.0. The molecule has 11 aromatic rings. The van der Waals surface area contributed by atoms with E-state index in [1.54, 1.807) is 264 Å². The lowest BCUT2D eigenvalue weighted by Gasteiger charge is -2.09. The standard InChI is InChI=1S/5C14H12O2.C8H8O.2C8H18O.C6H14O.C4H10O.C2H6O/c5*15-13(11-7-3-1-4-8-11)14(16)12-9-5-2-6-10-12;1-7(9)8-5-3-2-4-6-8;1-7(2)5-9-6-8(3)4;1-3-5-7-9-8-6-4-2;1-5(2)7-6(3)4;1-3-5-4-2;1-3-2/h5*1-10,13,15H;2-6H,1H3;7-8H,5-6H2,1-4H3;3-8H2,1-2H3;5-6H,1-4H3;3-4H2,1-2H3;1-2H3. The van der Waals surface area contributed by atoms with E-state index in [9.17, 15) is 54.3 Å². The maximum Gasteiger partial charge on any atom is 0.195 e. The van der Waals surface area contributed by atoms with Crippen molar-refractivity contribution in [3.8, 4) is 0 Å². The van der Waals surface area contributed by atoms with Crippen molar-refractivity contribution in [3.05, 3.63) is 395 Å². The van der Waals surface area contributed by atoms with E-state index in [-0.39, 0.29) is 34.7 Å². The predicted molar refractivity (Wildman–Crippen MR) is 495 cm³/mol. The largest absolute Gasteiger partial charge is 0.388 e. The number of hydrogen-bond acceptors (Lipinski definition) is 16.